The summed E-state index contributed by atoms with van der Waals surface area (Å²) in [5.41, 5.74) is 5.63. The molecule has 0 radical (unpaired) electrons. The zero-order valence-corrected chi connectivity index (χ0v) is 36.7. The van der Waals surface area contributed by atoms with Gasteiger partial charge in [-0.3, -0.25) is 9.55 Å². The quantitative estimate of drug-likeness (QED) is 0.174. The number of pyridine rings is 1. The monoisotopic (exact) mass is 849 g/mol. The average molecular weight is 849 g/mol. The molecule has 0 bridgehead atoms. The van der Waals surface area contributed by atoms with Gasteiger partial charge in [-0.15, -0.1) is 0 Å². The molecular weight excluding hydrogens is 779 g/mol. The lowest BCUT2D eigenvalue weighted by Gasteiger charge is -2.24. The Balaban J connectivity index is 1.28. The number of nitrogens with zero attached hydrogens (tertiary/aromatic N) is 3. The van der Waals surface area contributed by atoms with E-state index < -0.39 is 55.7 Å². The number of fused-ring (bicyclic) bond motifs is 1. The number of rotatable bonds is 7. The molecule has 9 aromatic rings. The first-order chi connectivity index (χ1) is 36.0. The summed E-state index contributed by atoms with van der Waals surface area (Å²) < 4.78 is 113. The third kappa shape index (κ3) is 8.29. The second-order valence-corrected chi connectivity index (χ2v) is 18.4. The Morgan fingerprint density at radius 3 is 1.84 bits per heavy atom. The summed E-state index contributed by atoms with van der Waals surface area (Å²) in [6, 6.07) is 43.0. The fraction of sp³-hybridized carbons (Fsp3) is 0.200. The van der Waals surface area contributed by atoms with Crippen LogP contribution in [0.15, 0.2) is 176 Å². The van der Waals surface area contributed by atoms with E-state index in [1.807, 2.05) is 78.9 Å². The molecule has 0 unspecified atom stereocenters. The Labute approximate surface area is 397 Å². The van der Waals surface area contributed by atoms with E-state index in [-0.39, 0.29) is 27.7 Å². The van der Waals surface area contributed by atoms with Crippen LogP contribution in [0.25, 0.3) is 83.9 Å². The van der Waals surface area contributed by atoms with Crippen LogP contribution in [0.1, 0.15) is 96.6 Å². The zero-order valence-electron chi connectivity index (χ0n) is 49.7. The van der Waals surface area contributed by atoms with Crippen molar-refractivity contribution in [2.24, 2.45) is 0 Å². The molecule has 318 valence electrons. The normalized spacial score (nSPS) is 15.8. The van der Waals surface area contributed by atoms with Crippen molar-refractivity contribution in [1.29, 1.82) is 0 Å². The van der Waals surface area contributed by atoms with Crippen LogP contribution < -0.4 is 0 Å². The van der Waals surface area contributed by atoms with Gasteiger partial charge in [-0.1, -0.05) is 177 Å². The van der Waals surface area contributed by atoms with E-state index >= 15 is 0 Å². The second-order valence-electron chi connectivity index (χ2n) is 18.4. The van der Waals surface area contributed by atoms with Crippen molar-refractivity contribution in [2.45, 2.75) is 78.3 Å². The van der Waals surface area contributed by atoms with Crippen molar-refractivity contribution in [3.63, 3.8) is 0 Å². The summed E-state index contributed by atoms with van der Waals surface area (Å²) in [4.78, 5) is 10.2. The summed E-state index contributed by atoms with van der Waals surface area (Å²) in [6.45, 7) is 1.64. The highest BCUT2D eigenvalue weighted by atomic mass is 16.3. The molecule has 0 aliphatic rings. The van der Waals surface area contributed by atoms with Crippen molar-refractivity contribution in [3.05, 3.63) is 193 Å². The number of para-hydroxylation sites is 2. The minimum absolute atomic E-state index is 0.0514. The van der Waals surface area contributed by atoms with Crippen molar-refractivity contribution in [1.82, 2.24) is 14.5 Å². The zero-order chi connectivity index (χ0) is 55.9. The third-order valence-electron chi connectivity index (χ3n) is 11.7. The minimum atomic E-state index is -3.81. The number of phenols is 1. The van der Waals surface area contributed by atoms with Crippen LogP contribution in [0.5, 0.6) is 5.75 Å². The molecule has 0 spiro atoms. The van der Waals surface area contributed by atoms with Gasteiger partial charge in [-0.25, -0.2) is 4.98 Å². The van der Waals surface area contributed by atoms with Crippen molar-refractivity contribution in [3.8, 4) is 78.6 Å². The molecule has 0 amide bonds. The van der Waals surface area contributed by atoms with E-state index in [1.54, 1.807) is 18.2 Å². The number of imidazole rings is 1. The predicted octanol–water partition coefficient (Wildman–Crippen LogP) is 16.0. The first-order valence-corrected chi connectivity index (χ1v) is 21.3. The molecule has 4 heteroatoms. The Morgan fingerprint density at radius 2 is 1.14 bits per heavy atom. The summed E-state index contributed by atoms with van der Waals surface area (Å²) in [7, 11) is 0. The fourth-order valence-corrected chi connectivity index (χ4v) is 8.11. The molecule has 0 saturated heterocycles. The Morgan fingerprint density at radius 1 is 0.484 bits per heavy atom. The van der Waals surface area contributed by atoms with E-state index in [9.17, 15) is 5.11 Å². The van der Waals surface area contributed by atoms with Gasteiger partial charge in [0, 0.05) is 35.2 Å². The lowest BCUT2D eigenvalue weighted by atomic mass is 9.84. The van der Waals surface area contributed by atoms with Gasteiger partial charge in [0.25, 0.3) is 0 Å². The van der Waals surface area contributed by atoms with Crippen molar-refractivity contribution in [2.75, 3.05) is 0 Å². The van der Waals surface area contributed by atoms with Gasteiger partial charge in [-0.05, 0) is 121 Å². The van der Waals surface area contributed by atoms with Crippen LogP contribution in [-0.2, 0) is 16.2 Å². The average Bonchev–Trinajstić information content (AvgIpc) is 3.87. The number of hydrogen-bond acceptors (Lipinski definition) is 3. The number of benzene rings is 7. The van der Waals surface area contributed by atoms with Gasteiger partial charge in [0.15, 0.2) is 0 Å². The maximum Gasteiger partial charge on any atom is 0.149 e. The lowest BCUT2D eigenvalue weighted by Crippen LogP contribution is -2.13. The maximum absolute atomic E-state index is 11.6. The van der Waals surface area contributed by atoms with Crippen LogP contribution in [0.2, 0.25) is 0 Å². The van der Waals surface area contributed by atoms with Crippen molar-refractivity contribution >= 4 is 11.0 Å². The molecule has 9 rings (SSSR count). The summed E-state index contributed by atoms with van der Waals surface area (Å²) >= 11 is 0. The number of aromatic nitrogens is 3. The van der Waals surface area contributed by atoms with E-state index in [4.69, 9.17) is 27.8 Å². The first-order valence-electron chi connectivity index (χ1n) is 27.8. The predicted molar refractivity (Wildman–Crippen MR) is 269 cm³/mol. The van der Waals surface area contributed by atoms with E-state index in [0.717, 1.165) is 50.1 Å². The first kappa shape index (κ1) is 29.3. The number of aromatic hydroxyl groups is 1. The second kappa shape index (κ2) is 16.3. The van der Waals surface area contributed by atoms with Crippen LogP contribution in [-0.4, -0.2) is 19.6 Å². The minimum Gasteiger partial charge on any atom is -0.507 e. The Kier molecular flexibility index (Phi) is 7.46. The maximum atomic E-state index is 11.6. The van der Waals surface area contributed by atoms with Gasteiger partial charge < -0.3 is 5.11 Å². The highest BCUT2D eigenvalue weighted by molar-refractivity contribution is 5.98. The molecule has 0 fully saturated rings. The highest BCUT2D eigenvalue weighted by Gasteiger charge is 2.25. The van der Waals surface area contributed by atoms with E-state index in [0.29, 0.717) is 28.2 Å². The summed E-state index contributed by atoms with van der Waals surface area (Å²) in [5, 5.41) is 11.6. The number of hydrogen-bond donors (Lipinski definition) is 1. The molecule has 2 heterocycles. The van der Waals surface area contributed by atoms with Crippen LogP contribution in [0, 0.1) is 0 Å². The topological polar surface area (TPSA) is 50.9 Å². The molecule has 4 nitrogen and oxygen atoms in total. The molecule has 1 N–H and O–H groups in total. The molecular formula is C60H57N3O. The van der Waals surface area contributed by atoms with Gasteiger partial charge in [0.2, 0.25) is 0 Å². The summed E-state index contributed by atoms with van der Waals surface area (Å²) in [6.07, 6.45) is 1.43. The molecule has 0 saturated carbocycles. The molecule has 0 atom stereocenters. The van der Waals surface area contributed by atoms with Crippen LogP contribution in [0.4, 0.5) is 0 Å². The molecule has 64 heavy (non-hydrogen) atoms. The van der Waals surface area contributed by atoms with Gasteiger partial charge >= 0.3 is 0 Å². The lowest BCUT2D eigenvalue weighted by molar-refractivity contribution is 0.477. The van der Waals surface area contributed by atoms with Gasteiger partial charge in [0.1, 0.15) is 11.6 Å². The van der Waals surface area contributed by atoms with E-state index in [2.05, 4.69) is 88.6 Å². The SMILES string of the molecule is [2H]c1c([2H])c(C(C([2H])([2H])[2H])(C([2H])([2H])[2H])C([2H])([2H])[2H])c([2H])c([2H])c1-c1ccnc(-c2cc(-c3ccccc3)cc(-c3cccc4c3nc(-c3ccccc3O)n4-c3cc(C(C)(C)C)ccc3-c3ccc(C(C)(C)C)cc3)c2)c1. The largest absolute Gasteiger partial charge is 0.507 e. The Bertz CT molecular complexity index is 3670. The van der Waals surface area contributed by atoms with E-state index in [1.165, 1.54) is 17.8 Å². The summed E-state index contributed by atoms with van der Waals surface area (Å²) in [5.74, 6) is 0.563. The van der Waals surface area contributed by atoms with Gasteiger partial charge in [-0.2, -0.15) is 0 Å². The molecule has 7 aromatic carbocycles. The fourth-order valence-electron chi connectivity index (χ4n) is 8.11. The Hall–Kier alpha value is -7.04. The number of phenolic OH excluding ortho intramolecular Hbond substituents is 1. The van der Waals surface area contributed by atoms with Crippen LogP contribution >= 0.6 is 0 Å². The standard InChI is InChI=1S/C60H57N3O/c1-58(2,3)46-26-22-40(23-27-46)42-32-33-61-52(37-42)45-35-43(39-16-11-10-12-17-39)34-44(36-45)50-19-15-20-53-56(50)62-57(51-18-13-14-21-55(51)64)63(53)54-38-48(60(7,8)9)30-31-49(54)41-24-28-47(29-25-41)59(4,5)6/h10-38,64H,1-9H3/i1D3,2D3,3D3,22D,23D,26D,27D. The highest BCUT2D eigenvalue weighted by Crippen LogP contribution is 2.43. The van der Waals surface area contributed by atoms with Crippen LogP contribution in [0.3, 0.4) is 0 Å². The smallest absolute Gasteiger partial charge is 0.149 e. The van der Waals surface area contributed by atoms with Crippen molar-refractivity contribution < 1.29 is 22.9 Å². The molecule has 0 aliphatic carbocycles. The van der Waals surface area contributed by atoms with Gasteiger partial charge in [0.05, 0.1) is 33.5 Å². The third-order valence-corrected chi connectivity index (χ3v) is 11.7. The molecule has 2 aromatic heterocycles. The molecule has 0 aliphatic heterocycles.